The van der Waals surface area contributed by atoms with Gasteiger partial charge in [-0.2, -0.15) is 4.31 Å². The van der Waals surface area contributed by atoms with Gasteiger partial charge in [-0.05, 0) is 37.5 Å². The summed E-state index contributed by atoms with van der Waals surface area (Å²) in [5, 5.41) is 0.291. The number of carbonyl (C=O) groups is 1. The second-order valence-electron chi connectivity index (χ2n) is 5.58. The average molecular weight is 359 g/mol. The molecule has 7 heteroatoms. The Balaban J connectivity index is 2.37. The Hall–Kier alpha value is -1.11. The van der Waals surface area contributed by atoms with E-state index in [4.69, 9.17) is 11.6 Å². The molecule has 0 N–H and O–H groups in total. The Morgan fingerprint density at radius 1 is 1.17 bits per heavy atom. The summed E-state index contributed by atoms with van der Waals surface area (Å²) in [5.41, 5.74) is 0.266. The van der Waals surface area contributed by atoms with Gasteiger partial charge in [0.2, 0.25) is 10.0 Å². The number of hydrogen-bond acceptors (Lipinski definition) is 3. The van der Waals surface area contributed by atoms with Crippen LogP contribution in [-0.4, -0.2) is 49.7 Å². The molecule has 0 saturated carbocycles. The maximum atomic E-state index is 12.6. The average Bonchev–Trinajstić information content (AvgIpc) is 2.56. The van der Waals surface area contributed by atoms with Gasteiger partial charge in [-0.3, -0.25) is 4.79 Å². The number of halogens is 1. The molecule has 0 aliphatic carbocycles. The maximum Gasteiger partial charge on any atom is 0.255 e. The molecule has 1 amide bonds. The van der Waals surface area contributed by atoms with Crippen molar-refractivity contribution in [1.29, 1.82) is 0 Å². The highest BCUT2D eigenvalue weighted by atomic mass is 35.5. The van der Waals surface area contributed by atoms with Gasteiger partial charge in [0.1, 0.15) is 0 Å². The van der Waals surface area contributed by atoms with Crippen LogP contribution in [-0.2, 0) is 10.0 Å². The molecule has 2 rings (SSSR count). The topological polar surface area (TPSA) is 57.7 Å². The number of benzene rings is 1. The number of nitrogens with zero attached hydrogens (tertiary/aromatic N) is 2. The smallest absolute Gasteiger partial charge is 0.255 e. The van der Waals surface area contributed by atoms with Crippen molar-refractivity contribution in [1.82, 2.24) is 9.21 Å². The summed E-state index contributed by atoms with van der Waals surface area (Å²) in [4.78, 5) is 14.5. The molecule has 1 aromatic rings. The van der Waals surface area contributed by atoms with E-state index in [9.17, 15) is 13.2 Å². The van der Waals surface area contributed by atoms with Gasteiger partial charge in [0.25, 0.3) is 5.91 Å². The zero-order valence-corrected chi connectivity index (χ0v) is 15.2. The molecular formula is C16H23ClN2O3S. The van der Waals surface area contributed by atoms with Crippen molar-refractivity contribution in [2.24, 2.45) is 0 Å². The zero-order chi connectivity index (χ0) is 17.0. The van der Waals surface area contributed by atoms with Crippen molar-refractivity contribution in [3.63, 3.8) is 0 Å². The van der Waals surface area contributed by atoms with Gasteiger partial charge in [-0.15, -0.1) is 0 Å². The van der Waals surface area contributed by atoms with E-state index < -0.39 is 10.0 Å². The molecule has 23 heavy (non-hydrogen) atoms. The largest absolute Gasteiger partial charge is 0.339 e. The minimum atomic E-state index is -3.60. The highest BCUT2D eigenvalue weighted by Crippen LogP contribution is 2.25. The van der Waals surface area contributed by atoms with Crippen molar-refractivity contribution in [3.05, 3.63) is 28.8 Å². The second kappa shape index (κ2) is 7.64. The molecule has 0 atom stereocenters. The summed E-state index contributed by atoms with van der Waals surface area (Å²) in [7, 11) is -3.60. The third-order valence-corrected chi connectivity index (χ3v) is 6.53. The predicted molar refractivity (Wildman–Crippen MR) is 91.3 cm³/mol. The Kier molecular flexibility index (Phi) is 6.06. The lowest BCUT2D eigenvalue weighted by Gasteiger charge is -2.27. The Labute approximate surface area is 143 Å². The van der Waals surface area contributed by atoms with Gasteiger partial charge in [-0.1, -0.05) is 25.4 Å². The summed E-state index contributed by atoms with van der Waals surface area (Å²) in [6.45, 7) is 5.74. The fourth-order valence-corrected chi connectivity index (χ4v) is 4.49. The number of likely N-dealkylation sites (tertiary alicyclic amines) is 1. The number of amides is 1. The lowest BCUT2D eigenvalue weighted by atomic mass is 10.1. The van der Waals surface area contributed by atoms with Crippen LogP contribution in [0, 0.1) is 0 Å². The molecule has 1 aliphatic rings. The summed E-state index contributed by atoms with van der Waals surface area (Å²) < 4.78 is 26.6. The molecule has 1 aromatic carbocycles. The molecule has 1 saturated heterocycles. The molecule has 0 aromatic heterocycles. The second-order valence-corrected chi connectivity index (χ2v) is 7.93. The third-order valence-electron chi connectivity index (χ3n) is 4.15. The quantitative estimate of drug-likeness (QED) is 0.813. The highest BCUT2D eigenvalue weighted by molar-refractivity contribution is 7.89. The normalized spacial score (nSPS) is 15.9. The Morgan fingerprint density at radius 2 is 1.78 bits per heavy atom. The van der Waals surface area contributed by atoms with E-state index in [0.717, 1.165) is 19.3 Å². The first kappa shape index (κ1) is 18.2. The van der Waals surface area contributed by atoms with Crippen LogP contribution >= 0.6 is 11.6 Å². The van der Waals surface area contributed by atoms with Crippen LogP contribution in [0.3, 0.4) is 0 Å². The van der Waals surface area contributed by atoms with E-state index in [2.05, 4.69) is 0 Å². The van der Waals surface area contributed by atoms with Crippen LogP contribution in [0.5, 0.6) is 0 Å². The molecule has 1 fully saturated rings. The van der Waals surface area contributed by atoms with Crippen LogP contribution < -0.4 is 0 Å². The fraction of sp³-hybridized carbons (Fsp3) is 0.562. The van der Waals surface area contributed by atoms with Gasteiger partial charge in [-0.25, -0.2) is 8.42 Å². The Bertz CT molecular complexity index is 666. The molecule has 0 bridgehead atoms. The zero-order valence-electron chi connectivity index (χ0n) is 13.6. The van der Waals surface area contributed by atoms with Crippen LogP contribution in [0.15, 0.2) is 23.1 Å². The van der Waals surface area contributed by atoms with Gasteiger partial charge in [0, 0.05) is 26.2 Å². The summed E-state index contributed by atoms with van der Waals surface area (Å²) in [6, 6.07) is 4.37. The SMILES string of the molecule is CCN(CC)S(=O)(=O)c1ccc(Cl)c(C(=O)N2CCCCC2)c1. The van der Waals surface area contributed by atoms with E-state index in [-0.39, 0.29) is 16.4 Å². The molecule has 5 nitrogen and oxygen atoms in total. The van der Waals surface area contributed by atoms with Crippen LogP contribution in [0.1, 0.15) is 43.5 Å². The van der Waals surface area contributed by atoms with Gasteiger partial charge < -0.3 is 4.90 Å². The fourth-order valence-electron chi connectivity index (χ4n) is 2.81. The minimum absolute atomic E-state index is 0.117. The monoisotopic (exact) mass is 358 g/mol. The van der Waals surface area contributed by atoms with Gasteiger partial charge >= 0.3 is 0 Å². The van der Waals surface area contributed by atoms with Crippen LogP contribution in [0.25, 0.3) is 0 Å². The summed E-state index contributed by atoms with van der Waals surface area (Å²) in [5.74, 6) is -0.189. The standard InChI is InChI=1S/C16H23ClN2O3S/c1-3-19(4-2)23(21,22)13-8-9-15(17)14(12-13)16(20)18-10-6-5-7-11-18/h8-9,12H,3-7,10-11H2,1-2H3. The van der Waals surface area contributed by atoms with E-state index in [1.165, 1.54) is 22.5 Å². The molecule has 0 unspecified atom stereocenters. The van der Waals surface area contributed by atoms with Crippen molar-refractivity contribution in [2.45, 2.75) is 38.0 Å². The molecule has 0 radical (unpaired) electrons. The molecule has 0 spiro atoms. The minimum Gasteiger partial charge on any atom is -0.339 e. The lowest BCUT2D eigenvalue weighted by molar-refractivity contribution is 0.0724. The van der Waals surface area contributed by atoms with E-state index >= 15 is 0 Å². The summed E-state index contributed by atoms with van der Waals surface area (Å²) in [6.07, 6.45) is 3.06. The Morgan fingerprint density at radius 3 is 2.35 bits per heavy atom. The maximum absolute atomic E-state index is 12.6. The third kappa shape index (κ3) is 3.87. The number of rotatable bonds is 5. The molecular weight excluding hydrogens is 336 g/mol. The lowest BCUT2D eigenvalue weighted by Crippen LogP contribution is -2.36. The van der Waals surface area contributed by atoms with Crippen LogP contribution in [0.4, 0.5) is 0 Å². The summed E-state index contributed by atoms with van der Waals surface area (Å²) >= 11 is 6.15. The van der Waals surface area contributed by atoms with Crippen molar-refractivity contribution in [2.75, 3.05) is 26.2 Å². The first-order valence-corrected chi connectivity index (χ1v) is 9.82. The number of carbonyl (C=O) groups excluding carboxylic acids is 1. The van der Waals surface area contributed by atoms with E-state index in [1.807, 2.05) is 0 Å². The molecule has 128 valence electrons. The predicted octanol–water partition coefficient (Wildman–Crippen LogP) is 3.00. The van der Waals surface area contributed by atoms with E-state index in [1.54, 1.807) is 18.7 Å². The van der Waals surface area contributed by atoms with Crippen LogP contribution in [0.2, 0.25) is 5.02 Å². The number of sulfonamides is 1. The first-order chi connectivity index (χ1) is 10.9. The number of piperidine rings is 1. The molecule has 1 aliphatic heterocycles. The van der Waals surface area contributed by atoms with Crippen molar-refractivity contribution < 1.29 is 13.2 Å². The first-order valence-electron chi connectivity index (χ1n) is 8.00. The van der Waals surface area contributed by atoms with Gasteiger partial charge in [0.15, 0.2) is 0 Å². The van der Waals surface area contributed by atoms with Gasteiger partial charge in [0.05, 0.1) is 15.5 Å². The highest BCUT2D eigenvalue weighted by Gasteiger charge is 2.26. The number of hydrogen-bond donors (Lipinski definition) is 0. The molecule has 1 heterocycles. The van der Waals surface area contributed by atoms with Crippen molar-refractivity contribution in [3.8, 4) is 0 Å². The van der Waals surface area contributed by atoms with E-state index in [0.29, 0.717) is 31.2 Å². The van der Waals surface area contributed by atoms with Crippen molar-refractivity contribution >= 4 is 27.5 Å².